The third-order valence-electron chi connectivity index (χ3n) is 3.89. The molecule has 1 aromatic carbocycles. The number of hydrogen-bond acceptors (Lipinski definition) is 2. The van der Waals surface area contributed by atoms with Crippen molar-refractivity contribution in [3.63, 3.8) is 0 Å². The first-order valence-electron chi connectivity index (χ1n) is 6.75. The summed E-state index contributed by atoms with van der Waals surface area (Å²) in [5.74, 6) is 1.71. The maximum absolute atomic E-state index is 6.20. The number of aromatic nitrogens is 2. The van der Waals surface area contributed by atoms with Crippen molar-refractivity contribution >= 4 is 23.2 Å². The summed E-state index contributed by atoms with van der Waals surface area (Å²) in [7, 11) is 1.95. The van der Waals surface area contributed by atoms with Crippen molar-refractivity contribution in [1.29, 1.82) is 0 Å². The van der Waals surface area contributed by atoms with Gasteiger partial charge in [0.05, 0.1) is 12.7 Å². The van der Waals surface area contributed by atoms with Crippen LogP contribution in [0.4, 0.5) is 0 Å². The maximum atomic E-state index is 6.20. The highest BCUT2D eigenvalue weighted by molar-refractivity contribution is 6.31. The number of rotatable bonds is 4. The minimum atomic E-state index is 0.686. The molecule has 2 aromatic rings. The summed E-state index contributed by atoms with van der Waals surface area (Å²) in [6.07, 6.45) is 2.76. The van der Waals surface area contributed by atoms with Gasteiger partial charge >= 0.3 is 0 Å². The molecule has 5 heteroatoms. The summed E-state index contributed by atoms with van der Waals surface area (Å²) in [6, 6.07) is 8.10. The second-order valence-corrected chi connectivity index (χ2v) is 6.21. The van der Waals surface area contributed by atoms with Gasteiger partial charge in [0.1, 0.15) is 11.0 Å². The molecule has 0 spiro atoms. The van der Waals surface area contributed by atoms with Crippen LogP contribution >= 0.6 is 23.2 Å². The van der Waals surface area contributed by atoms with Gasteiger partial charge in [-0.15, -0.1) is 0 Å². The zero-order chi connectivity index (χ0) is 14.1. The van der Waals surface area contributed by atoms with Crippen molar-refractivity contribution in [2.75, 3.05) is 13.1 Å². The quantitative estimate of drug-likeness (QED) is 0.863. The van der Waals surface area contributed by atoms with Crippen LogP contribution in [0.5, 0.6) is 0 Å². The lowest BCUT2D eigenvalue weighted by molar-refractivity contribution is 0.0887. The van der Waals surface area contributed by atoms with Crippen molar-refractivity contribution < 1.29 is 0 Å². The van der Waals surface area contributed by atoms with Crippen molar-refractivity contribution in [1.82, 2.24) is 14.5 Å². The largest absolute Gasteiger partial charge is 0.321 e. The average Bonchev–Trinajstić information content (AvgIpc) is 2.70. The second-order valence-electron chi connectivity index (χ2n) is 5.41. The standard InChI is InChI=1S/C15H17Cl2N3/c1-19-14(17)7-18-15(19)10-20-8-11(9-20)6-12-4-2-3-5-13(12)16/h2-5,7,11H,6,8-10H2,1H3. The van der Waals surface area contributed by atoms with Crippen LogP contribution in [-0.4, -0.2) is 27.5 Å². The Bertz CT molecular complexity index is 603. The SMILES string of the molecule is Cn1c(Cl)cnc1CN1CC(Cc2ccccc2Cl)C1. The van der Waals surface area contributed by atoms with E-state index in [1.807, 2.05) is 29.8 Å². The smallest absolute Gasteiger partial charge is 0.128 e. The zero-order valence-corrected chi connectivity index (χ0v) is 12.9. The van der Waals surface area contributed by atoms with Crippen LogP contribution in [0.25, 0.3) is 0 Å². The Kier molecular flexibility index (Phi) is 4.01. The fraction of sp³-hybridized carbons (Fsp3) is 0.400. The van der Waals surface area contributed by atoms with E-state index in [1.165, 1.54) is 5.56 Å². The van der Waals surface area contributed by atoms with Gasteiger partial charge in [0.25, 0.3) is 0 Å². The summed E-state index contributed by atoms with van der Waals surface area (Å²) < 4.78 is 1.93. The molecule has 1 saturated heterocycles. The van der Waals surface area contributed by atoms with Crippen LogP contribution < -0.4 is 0 Å². The fourth-order valence-electron chi connectivity index (χ4n) is 2.68. The third kappa shape index (κ3) is 2.85. The Morgan fingerprint density at radius 1 is 1.25 bits per heavy atom. The van der Waals surface area contributed by atoms with E-state index in [-0.39, 0.29) is 0 Å². The van der Waals surface area contributed by atoms with Crippen molar-refractivity contribution in [2.24, 2.45) is 13.0 Å². The summed E-state index contributed by atoms with van der Waals surface area (Å²) in [4.78, 5) is 6.72. The average molecular weight is 310 g/mol. The first kappa shape index (κ1) is 13.9. The van der Waals surface area contributed by atoms with Gasteiger partial charge in [0.15, 0.2) is 0 Å². The van der Waals surface area contributed by atoms with E-state index >= 15 is 0 Å². The van der Waals surface area contributed by atoms with Crippen LogP contribution in [0.2, 0.25) is 10.2 Å². The normalized spacial score (nSPS) is 16.4. The first-order chi connectivity index (χ1) is 9.63. The molecule has 106 valence electrons. The number of likely N-dealkylation sites (tertiary alicyclic amines) is 1. The van der Waals surface area contributed by atoms with E-state index in [2.05, 4.69) is 16.0 Å². The van der Waals surface area contributed by atoms with Crippen molar-refractivity contribution in [3.05, 3.63) is 52.0 Å². The Morgan fingerprint density at radius 3 is 2.65 bits per heavy atom. The predicted molar refractivity (Wildman–Crippen MR) is 82.1 cm³/mol. The lowest BCUT2D eigenvalue weighted by Gasteiger charge is -2.39. The van der Waals surface area contributed by atoms with E-state index in [9.17, 15) is 0 Å². The van der Waals surface area contributed by atoms with Crippen LogP contribution in [0.1, 0.15) is 11.4 Å². The highest BCUT2D eigenvalue weighted by Crippen LogP contribution is 2.25. The molecule has 0 amide bonds. The Balaban J connectivity index is 1.52. The number of halogens is 2. The minimum Gasteiger partial charge on any atom is -0.321 e. The lowest BCUT2D eigenvalue weighted by Crippen LogP contribution is -2.47. The monoisotopic (exact) mass is 309 g/mol. The highest BCUT2D eigenvalue weighted by Gasteiger charge is 2.28. The fourth-order valence-corrected chi connectivity index (χ4v) is 3.04. The van der Waals surface area contributed by atoms with E-state index < -0.39 is 0 Å². The Labute approximate surface area is 129 Å². The second kappa shape index (κ2) is 5.76. The third-order valence-corrected chi connectivity index (χ3v) is 4.61. The summed E-state index contributed by atoms with van der Waals surface area (Å²) in [5, 5.41) is 1.56. The molecule has 1 fully saturated rings. The van der Waals surface area contributed by atoms with Crippen LogP contribution in [-0.2, 0) is 20.0 Å². The molecule has 1 aliphatic heterocycles. The first-order valence-corrected chi connectivity index (χ1v) is 7.51. The molecule has 0 radical (unpaired) electrons. The molecule has 0 unspecified atom stereocenters. The van der Waals surface area contributed by atoms with Crippen molar-refractivity contribution in [3.8, 4) is 0 Å². The minimum absolute atomic E-state index is 0.686. The molecule has 3 rings (SSSR count). The topological polar surface area (TPSA) is 21.1 Å². The Morgan fingerprint density at radius 2 is 2.00 bits per heavy atom. The number of benzene rings is 1. The molecule has 0 saturated carbocycles. The maximum Gasteiger partial charge on any atom is 0.128 e. The van der Waals surface area contributed by atoms with E-state index in [1.54, 1.807) is 6.20 Å². The molecule has 0 N–H and O–H groups in total. The number of nitrogens with zero attached hydrogens (tertiary/aromatic N) is 3. The summed E-state index contributed by atoms with van der Waals surface area (Å²) in [6.45, 7) is 3.05. The van der Waals surface area contributed by atoms with Crippen LogP contribution in [0.15, 0.2) is 30.5 Å². The van der Waals surface area contributed by atoms with Gasteiger partial charge in [-0.1, -0.05) is 41.4 Å². The molecule has 1 aromatic heterocycles. The molecular formula is C15H17Cl2N3. The molecule has 2 heterocycles. The molecule has 3 nitrogen and oxygen atoms in total. The van der Waals surface area contributed by atoms with Gasteiger partial charge in [-0.3, -0.25) is 4.90 Å². The lowest BCUT2D eigenvalue weighted by atomic mass is 9.92. The molecular weight excluding hydrogens is 293 g/mol. The van der Waals surface area contributed by atoms with Gasteiger partial charge in [-0.2, -0.15) is 0 Å². The van der Waals surface area contributed by atoms with E-state index in [0.717, 1.165) is 36.9 Å². The molecule has 0 atom stereocenters. The predicted octanol–water partition coefficient (Wildman–Crippen LogP) is 3.40. The Hall–Kier alpha value is -1.03. The van der Waals surface area contributed by atoms with E-state index in [0.29, 0.717) is 11.1 Å². The van der Waals surface area contributed by atoms with Gasteiger partial charge in [0.2, 0.25) is 0 Å². The number of hydrogen-bond donors (Lipinski definition) is 0. The van der Waals surface area contributed by atoms with E-state index in [4.69, 9.17) is 23.2 Å². The van der Waals surface area contributed by atoms with Crippen LogP contribution in [0, 0.1) is 5.92 Å². The highest BCUT2D eigenvalue weighted by atomic mass is 35.5. The molecule has 0 bridgehead atoms. The zero-order valence-electron chi connectivity index (χ0n) is 11.4. The molecule has 1 aliphatic rings. The summed E-state index contributed by atoms with van der Waals surface area (Å²) >= 11 is 12.2. The van der Waals surface area contributed by atoms with Gasteiger partial charge in [-0.25, -0.2) is 4.98 Å². The molecule has 0 aliphatic carbocycles. The van der Waals surface area contributed by atoms with Gasteiger partial charge in [-0.05, 0) is 24.0 Å². The molecule has 20 heavy (non-hydrogen) atoms. The summed E-state index contributed by atoms with van der Waals surface area (Å²) in [5.41, 5.74) is 1.25. The van der Waals surface area contributed by atoms with Crippen LogP contribution in [0.3, 0.4) is 0 Å². The van der Waals surface area contributed by atoms with Gasteiger partial charge < -0.3 is 4.57 Å². The number of imidazole rings is 1. The van der Waals surface area contributed by atoms with Gasteiger partial charge in [0, 0.05) is 25.2 Å². The van der Waals surface area contributed by atoms with Crippen molar-refractivity contribution in [2.45, 2.75) is 13.0 Å².